The number of hydrogen-bond acceptors (Lipinski definition) is 4. The van der Waals surface area contributed by atoms with Gasteiger partial charge in [-0.05, 0) is 25.3 Å². The first-order valence-electron chi connectivity index (χ1n) is 7.90. The fraction of sp³-hybridized carbons (Fsp3) is 0.750. The maximum atomic E-state index is 4.63. The highest BCUT2D eigenvalue weighted by molar-refractivity contribution is 5.37. The highest BCUT2D eigenvalue weighted by atomic mass is 15.2. The summed E-state index contributed by atoms with van der Waals surface area (Å²) in [6.45, 7) is 13.9. The molecule has 0 aliphatic heterocycles. The fourth-order valence-electron chi connectivity index (χ4n) is 2.39. The minimum atomic E-state index is 0.548. The zero-order chi connectivity index (χ0) is 15.0. The van der Waals surface area contributed by atoms with Crippen LogP contribution < -0.4 is 10.2 Å². The third kappa shape index (κ3) is 5.08. The summed E-state index contributed by atoms with van der Waals surface area (Å²) >= 11 is 0. The third-order valence-corrected chi connectivity index (χ3v) is 3.49. The van der Waals surface area contributed by atoms with Gasteiger partial charge in [-0.15, -0.1) is 0 Å². The maximum Gasteiger partial charge on any atom is 0.147 e. The molecule has 0 radical (unpaired) electrons. The van der Waals surface area contributed by atoms with Crippen LogP contribution >= 0.6 is 0 Å². The second-order valence-electron chi connectivity index (χ2n) is 5.66. The van der Waals surface area contributed by atoms with E-state index in [2.05, 4.69) is 54.8 Å². The standard InChI is InChI=1S/C16H30N4/c1-6-15(7-2)20(12-13(4)5)16-11-18-14(10-19-16)9-17-8-3/h10-11,13,15,17H,6-9,12H2,1-5H3. The molecule has 0 bridgehead atoms. The minimum absolute atomic E-state index is 0.548. The lowest BCUT2D eigenvalue weighted by Gasteiger charge is -2.32. The zero-order valence-electron chi connectivity index (χ0n) is 13.7. The van der Waals surface area contributed by atoms with E-state index in [4.69, 9.17) is 0 Å². The smallest absolute Gasteiger partial charge is 0.147 e. The van der Waals surface area contributed by atoms with Gasteiger partial charge in [-0.2, -0.15) is 0 Å². The number of anilines is 1. The molecule has 1 rings (SSSR count). The van der Waals surface area contributed by atoms with E-state index in [9.17, 15) is 0 Å². The van der Waals surface area contributed by atoms with Crippen LogP contribution in [0.2, 0.25) is 0 Å². The summed E-state index contributed by atoms with van der Waals surface area (Å²) in [6, 6.07) is 0.548. The number of aromatic nitrogens is 2. The average molecular weight is 278 g/mol. The Morgan fingerprint density at radius 3 is 2.25 bits per heavy atom. The molecular weight excluding hydrogens is 248 g/mol. The molecule has 0 fully saturated rings. The van der Waals surface area contributed by atoms with Crippen molar-refractivity contribution in [2.24, 2.45) is 5.92 Å². The largest absolute Gasteiger partial charge is 0.352 e. The number of nitrogens with zero attached hydrogens (tertiary/aromatic N) is 3. The van der Waals surface area contributed by atoms with Gasteiger partial charge in [-0.25, -0.2) is 4.98 Å². The Kier molecular flexibility index (Phi) is 7.52. The Morgan fingerprint density at radius 2 is 1.80 bits per heavy atom. The highest BCUT2D eigenvalue weighted by Crippen LogP contribution is 2.19. The van der Waals surface area contributed by atoms with Crippen LogP contribution in [0.15, 0.2) is 12.4 Å². The molecule has 4 nitrogen and oxygen atoms in total. The average Bonchev–Trinajstić information content (AvgIpc) is 2.45. The van der Waals surface area contributed by atoms with E-state index in [1.54, 1.807) is 0 Å². The zero-order valence-corrected chi connectivity index (χ0v) is 13.7. The monoisotopic (exact) mass is 278 g/mol. The molecule has 0 aliphatic rings. The Morgan fingerprint density at radius 1 is 1.10 bits per heavy atom. The van der Waals surface area contributed by atoms with E-state index in [0.29, 0.717) is 12.0 Å². The molecule has 0 amide bonds. The van der Waals surface area contributed by atoms with Crippen LogP contribution in [0.25, 0.3) is 0 Å². The molecule has 1 aromatic rings. The molecular formula is C16H30N4. The molecule has 0 atom stereocenters. The molecule has 0 spiro atoms. The maximum absolute atomic E-state index is 4.63. The van der Waals surface area contributed by atoms with Crippen molar-refractivity contribution in [3.63, 3.8) is 0 Å². The first kappa shape index (κ1) is 16.9. The van der Waals surface area contributed by atoms with Crippen LogP contribution in [-0.2, 0) is 6.54 Å². The van der Waals surface area contributed by atoms with Gasteiger partial charge in [0.25, 0.3) is 0 Å². The van der Waals surface area contributed by atoms with E-state index in [-0.39, 0.29) is 0 Å². The molecule has 0 saturated heterocycles. The van der Waals surface area contributed by atoms with E-state index in [1.807, 2.05) is 12.4 Å². The topological polar surface area (TPSA) is 41.1 Å². The Labute approximate surface area is 124 Å². The summed E-state index contributed by atoms with van der Waals surface area (Å²) in [6.07, 6.45) is 6.11. The molecule has 114 valence electrons. The number of hydrogen-bond donors (Lipinski definition) is 1. The van der Waals surface area contributed by atoms with Gasteiger partial charge < -0.3 is 10.2 Å². The van der Waals surface area contributed by atoms with Crippen LogP contribution in [0.5, 0.6) is 0 Å². The lowest BCUT2D eigenvalue weighted by atomic mass is 10.1. The summed E-state index contributed by atoms with van der Waals surface area (Å²) in [5, 5.41) is 3.27. The predicted octanol–water partition coefficient (Wildman–Crippen LogP) is 3.24. The molecule has 1 N–H and O–H groups in total. The molecule has 1 aromatic heterocycles. The summed E-state index contributed by atoms with van der Waals surface area (Å²) in [5.74, 6) is 1.63. The van der Waals surface area contributed by atoms with Crippen molar-refractivity contribution in [1.82, 2.24) is 15.3 Å². The summed E-state index contributed by atoms with van der Waals surface area (Å²) in [7, 11) is 0. The SMILES string of the molecule is CCNCc1cnc(N(CC(C)C)C(CC)CC)cn1. The van der Waals surface area contributed by atoms with E-state index < -0.39 is 0 Å². The first-order chi connectivity index (χ1) is 9.62. The van der Waals surface area contributed by atoms with Gasteiger partial charge in [-0.1, -0.05) is 34.6 Å². The summed E-state index contributed by atoms with van der Waals surface area (Å²) in [5.41, 5.74) is 1.00. The van der Waals surface area contributed by atoms with Gasteiger partial charge in [-0.3, -0.25) is 4.98 Å². The van der Waals surface area contributed by atoms with Crippen LogP contribution in [0.1, 0.15) is 53.2 Å². The first-order valence-corrected chi connectivity index (χ1v) is 7.90. The van der Waals surface area contributed by atoms with Crippen molar-refractivity contribution in [3.05, 3.63) is 18.1 Å². The summed E-state index contributed by atoms with van der Waals surface area (Å²) in [4.78, 5) is 11.6. The van der Waals surface area contributed by atoms with E-state index in [0.717, 1.165) is 44.0 Å². The van der Waals surface area contributed by atoms with Crippen molar-refractivity contribution >= 4 is 5.82 Å². The van der Waals surface area contributed by atoms with Gasteiger partial charge in [0.05, 0.1) is 18.1 Å². The predicted molar refractivity (Wildman–Crippen MR) is 86.0 cm³/mol. The minimum Gasteiger partial charge on any atom is -0.352 e. The van der Waals surface area contributed by atoms with Gasteiger partial charge >= 0.3 is 0 Å². The second-order valence-corrected chi connectivity index (χ2v) is 5.66. The van der Waals surface area contributed by atoms with Crippen LogP contribution in [0, 0.1) is 5.92 Å². The molecule has 1 heterocycles. The van der Waals surface area contributed by atoms with E-state index in [1.165, 1.54) is 0 Å². The Bertz CT molecular complexity index is 357. The van der Waals surface area contributed by atoms with E-state index >= 15 is 0 Å². The van der Waals surface area contributed by atoms with Crippen molar-refractivity contribution in [1.29, 1.82) is 0 Å². The summed E-state index contributed by atoms with van der Waals surface area (Å²) < 4.78 is 0. The fourth-order valence-corrected chi connectivity index (χ4v) is 2.39. The molecule has 0 saturated carbocycles. The lowest BCUT2D eigenvalue weighted by molar-refractivity contribution is 0.502. The number of nitrogens with one attached hydrogen (secondary N) is 1. The van der Waals surface area contributed by atoms with Crippen LogP contribution in [-0.4, -0.2) is 29.1 Å². The van der Waals surface area contributed by atoms with Crippen molar-refractivity contribution < 1.29 is 0 Å². The van der Waals surface area contributed by atoms with Crippen molar-refractivity contribution in [3.8, 4) is 0 Å². The van der Waals surface area contributed by atoms with Crippen molar-refractivity contribution in [2.75, 3.05) is 18.0 Å². The third-order valence-electron chi connectivity index (χ3n) is 3.49. The van der Waals surface area contributed by atoms with Crippen LogP contribution in [0.4, 0.5) is 5.82 Å². The van der Waals surface area contributed by atoms with Crippen molar-refractivity contribution in [2.45, 2.75) is 60.0 Å². The highest BCUT2D eigenvalue weighted by Gasteiger charge is 2.18. The molecule has 0 aromatic carbocycles. The quantitative estimate of drug-likeness (QED) is 0.753. The normalized spacial score (nSPS) is 11.3. The lowest BCUT2D eigenvalue weighted by Crippen LogP contribution is -2.38. The van der Waals surface area contributed by atoms with Crippen LogP contribution in [0.3, 0.4) is 0 Å². The van der Waals surface area contributed by atoms with Gasteiger partial charge in [0.1, 0.15) is 5.82 Å². The van der Waals surface area contributed by atoms with Gasteiger partial charge in [0.15, 0.2) is 0 Å². The second kappa shape index (κ2) is 8.90. The Hall–Kier alpha value is -1.16. The molecule has 0 unspecified atom stereocenters. The number of rotatable bonds is 9. The molecule has 4 heteroatoms. The van der Waals surface area contributed by atoms with Gasteiger partial charge in [0.2, 0.25) is 0 Å². The van der Waals surface area contributed by atoms with Gasteiger partial charge in [0, 0.05) is 19.1 Å². The Balaban J connectivity index is 2.84. The molecule has 0 aliphatic carbocycles. The molecule has 20 heavy (non-hydrogen) atoms.